The molecular weight excluding hydrogens is 695 g/mol. The molecule has 0 saturated heterocycles. The molecule has 3 heterocycles. The second kappa shape index (κ2) is 11.8. The lowest BCUT2D eigenvalue weighted by Crippen LogP contribution is -2.18. The summed E-state index contributed by atoms with van der Waals surface area (Å²) in [7, 11) is 0. The first-order valence-corrected chi connectivity index (χ1v) is 19.7. The van der Waals surface area contributed by atoms with Gasteiger partial charge in [0.25, 0.3) is 0 Å². The third-order valence-corrected chi connectivity index (χ3v) is 12.2. The topological polar surface area (TPSA) is 24.0 Å². The van der Waals surface area contributed by atoms with Gasteiger partial charge in [-0.3, -0.25) is 4.40 Å². The standard InChI is InChI=1S/C53H37N3O/c1-53(2)46-29-28-41(55(38-20-11-5-12-21-38)39-22-13-6-14-23-39)33-44(46)48-42-24-15-25-43-49-45-31-34-26-27-40(54(36-16-7-3-8-17-36)37-18-9-4-10-19-37)30-35(34)32-47(45)57-52(49)56(50(42)43)51(48)53/h3-33H,1-2H3. The molecule has 11 aromatic rings. The maximum absolute atomic E-state index is 7.06. The molecule has 4 nitrogen and oxygen atoms in total. The third kappa shape index (κ3) is 4.55. The monoisotopic (exact) mass is 731 g/mol. The Bertz CT molecular complexity index is 3230. The van der Waals surface area contributed by atoms with Gasteiger partial charge in [0, 0.05) is 67.0 Å². The Morgan fingerprint density at radius 3 is 1.60 bits per heavy atom. The molecule has 270 valence electrons. The van der Waals surface area contributed by atoms with E-state index in [0.29, 0.717) is 0 Å². The average Bonchev–Trinajstić information content (AvgIpc) is 3.96. The van der Waals surface area contributed by atoms with Crippen molar-refractivity contribution in [1.29, 1.82) is 0 Å². The Kier molecular flexibility index (Phi) is 6.65. The quantitative estimate of drug-likeness (QED) is 0.170. The van der Waals surface area contributed by atoms with Crippen molar-refractivity contribution in [3.05, 3.63) is 199 Å². The Hall–Kier alpha value is -7.30. The summed E-state index contributed by atoms with van der Waals surface area (Å²) in [6.07, 6.45) is 0. The fourth-order valence-corrected chi connectivity index (χ4v) is 9.73. The molecular formula is C53H37N3O. The first-order chi connectivity index (χ1) is 28.0. The van der Waals surface area contributed by atoms with E-state index in [1.54, 1.807) is 0 Å². The van der Waals surface area contributed by atoms with E-state index < -0.39 is 0 Å². The van der Waals surface area contributed by atoms with Gasteiger partial charge in [-0.2, -0.15) is 0 Å². The minimum absolute atomic E-state index is 0.262. The van der Waals surface area contributed by atoms with E-state index in [-0.39, 0.29) is 5.41 Å². The van der Waals surface area contributed by atoms with Gasteiger partial charge in [0.15, 0.2) is 0 Å². The van der Waals surface area contributed by atoms with Crippen molar-refractivity contribution in [2.45, 2.75) is 19.3 Å². The van der Waals surface area contributed by atoms with Crippen LogP contribution in [0.25, 0.3) is 60.3 Å². The SMILES string of the molecule is CC1(C)c2ccc(N(c3ccccc3)c3ccccc3)cc2-c2c1n1c3oc4cc5cc(N(c6ccccc6)c6ccccc6)ccc5cc4c3c3cccc2c31. The van der Waals surface area contributed by atoms with Gasteiger partial charge in [-0.05, 0) is 107 Å². The number of para-hydroxylation sites is 5. The zero-order valence-electron chi connectivity index (χ0n) is 31.6. The van der Waals surface area contributed by atoms with E-state index in [9.17, 15) is 0 Å². The summed E-state index contributed by atoms with van der Waals surface area (Å²) in [6, 6.07) is 67.6. The maximum atomic E-state index is 7.06. The highest BCUT2D eigenvalue weighted by molar-refractivity contribution is 6.26. The van der Waals surface area contributed by atoms with Gasteiger partial charge in [0.05, 0.1) is 10.9 Å². The number of rotatable bonds is 6. The van der Waals surface area contributed by atoms with Crippen LogP contribution in [0.5, 0.6) is 0 Å². The molecule has 0 saturated carbocycles. The van der Waals surface area contributed by atoms with Crippen molar-refractivity contribution in [2.75, 3.05) is 9.80 Å². The van der Waals surface area contributed by atoms with E-state index in [1.165, 1.54) is 49.4 Å². The summed E-state index contributed by atoms with van der Waals surface area (Å²) >= 11 is 0. The van der Waals surface area contributed by atoms with E-state index in [0.717, 1.165) is 56.2 Å². The molecule has 0 bridgehead atoms. The van der Waals surface area contributed by atoms with E-state index in [2.05, 4.69) is 216 Å². The smallest absolute Gasteiger partial charge is 0.213 e. The zero-order chi connectivity index (χ0) is 37.8. The summed E-state index contributed by atoms with van der Waals surface area (Å²) in [5.41, 5.74) is 14.7. The highest BCUT2D eigenvalue weighted by atomic mass is 16.3. The number of fused-ring (bicyclic) bond motifs is 11. The van der Waals surface area contributed by atoms with Gasteiger partial charge in [0.1, 0.15) is 5.58 Å². The van der Waals surface area contributed by atoms with Crippen LogP contribution in [0.3, 0.4) is 0 Å². The van der Waals surface area contributed by atoms with Gasteiger partial charge < -0.3 is 14.2 Å². The first kappa shape index (κ1) is 32.0. The fraction of sp³-hybridized carbons (Fsp3) is 0.0566. The fourth-order valence-electron chi connectivity index (χ4n) is 9.73. The Labute approximate surface area is 330 Å². The second-order valence-electron chi connectivity index (χ2n) is 15.8. The van der Waals surface area contributed by atoms with Crippen LogP contribution in [0.4, 0.5) is 34.1 Å². The second-order valence-corrected chi connectivity index (χ2v) is 15.8. The molecule has 1 aliphatic rings. The van der Waals surface area contributed by atoms with Crippen LogP contribution < -0.4 is 9.80 Å². The average molecular weight is 732 g/mol. The van der Waals surface area contributed by atoms with Crippen molar-refractivity contribution < 1.29 is 4.42 Å². The minimum Gasteiger partial charge on any atom is -0.439 e. The summed E-state index contributed by atoms with van der Waals surface area (Å²) < 4.78 is 9.50. The van der Waals surface area contributed by atoms with Crippen molar-refractivity contribution in [1.82, 2.24) is 4.40 Å². The van der Waals surface area contributed by atoms with Crippen molar-refractivity contribution in [3.8, 4) is 11.1 Å². The van der Waals surface area contributed by atoms with E-state index in [1.807, 2.05) is 0 Å². The Morgan fingerprint density at radius 1 is 0.456 bits per heavy atom. The summed E-state index contributed by atoms with van der Waals surface area (Å²) in [6.45, 7) is 4.74. The lowest BCUT2D eigenvalue weighted by Gasteiger charge is -2.27. The summed E-state index contributed by atoms with van der Waals surface area (Å²) in [5, 5.41) is 7.16. The van der Waals surface area contributed by atoms with Crippen molar-refractivity contribution >= 4 is 83.3 Å². The molecule has 0 aliphatic heterocycles. The number of nitrogens with zero attached hydrogens (tertiary/aromatic N) is 3. The molecule has 57 heavy (non-hydrogen) atoms. The lowest BCUT2D eigenvalue weighted by molar-refractivity contribution is 0.606. The highest BCUT2D eigenvalue weighted by Crippen LogP contribution is 2.57. The van der Waals surface area contributed by atoms with Gasteiger partial charge in [-0.1, -0.05) is 117 Å². The molecule has 1 aliphatic carbocycles. The predicted octanol–water partition coefficient (Wildman–Crippen LogP) is 14.8. The van der Waals surface area contributed by atoms with Crippen LogP contribution in [-0.2, 0) is 5.41 Å². The third-order valence-electron chi connectivity index (χ3n) is 12.2. The number of hydrogen-bond acceptors (Lipinski definition) is 3. The molecule has 0 N–H and O–H groups in total. The lowest BCUT2D eigenvalue weighted by atomic mass is 9.85. The molecule has 0 unspecified atom stereocenters. The summed E-state index contributed by atoms with van der Waals surface area (Å²) in [4.78, 5) is 4.67. The molecule has 0 amide bonds. The first-order valence-electron chi connectivity index (χ1n) is 19.7. The number of benzene rings is 8. The normalized spacial score (nSPS) is 13.2. The van der Waals surface area contributed by atoms with E-state index in [4.69, 9.17) is 4.42 Å². The molecule has 12 rings (SSSR count). The Balaban J connectivity index is 1.06. The maximum Gasteiger partial charge on any atom is 0.213 e. The van der Waals surface area contributed by atoms with Gasteiger partial charge >= 0.3 is 0 Å². The van der Waals surface area contributed by atoms with Crippen LogP contribution >= 0.6 is 0 Å². The van der Waals surface area contributed by atoms with E-state index >= 15 is 0 Å². The van der Waals surface area contributed by atoms with Crippen LogP contribution in [-0.4, -0.2) is 4.40 Å². The van der Waals surface area contributed by atoms with Crippen LogP contribution in [0.1, 0.15) is 25.1 Å². The highest BCUT2D eigenvalue weighted by Gasteiger charge is 2.42. The minimum atomic E-state index is -0.262. The molecule has 0 atom stereocenters. The Morgan fingerprint density at radius 2 is 1.00 bits per heavy atom. The van der Waals surface area contributed by atoms with Crippen LogP contribution in [0.2, 0.25) is 0 Å². The number of furan rings is 1. The zero-order valence-corrected chi connectivity index (χ0v) is 31.6. The van der Waals surface area contributed by atoms with Crippen LogP contribution in [0, 0.1) is 0 Å². The molecule has 3 aromatic heterocycles. The molecule has 0 fully saturated rings. The number of hydrogen-bond donors (Lipinski definition) is 0. The van der Waals surface area contributed by atoms with Gasteiger partial charge in [-0.25, -0.2) is 0 Å². The molecule has 8 aromatic carbocycles. The largest absolute Gasteiger partial charge is 0.439 e. The molecule has 0 radical (unpaired) electrons. The summed E-state index contributed by atoms with van der Waals surface area (Å²) in [5.74, 6) is 0. The molecule has 0 spiro atoms. The number of anilines is 6. The van der Waals surface area contributed by atoms with Gasteiger partial charge in [0.2, 0.25) is 5.71 Å². The number of aromatic nitrogens is 1. The van der Waals surface area contributed by atoms with Crippen LogP contribution in [0.15, 0.2) is 192 Å². The molecule has 4 heteroatoms. The predicted molar refractivity (Wildman–Crippen MR) is 238 cm³/mol. The van der Waals surface area contributed by atoms with Crippen molar-refractivity contribution in [2.24, 2.45) is 0 Å². The van der Waals surface area contributed by atoms with Crippen molar-refractivity contribution in [3.63, 3.8) is 0 Å². The van der Waals surface area contributed by atoms with Gasteiger partial charge in [-0.15, -0.1) is 0 Å².